The first-order valence-electron chi connectivity index (χ1n) is 7.97. The van der Waals surface area contributed by atoms with Gasteiger partial charge in [0.25, 0.3) is 0 Å². The van der Waals surface area contributed by atoms with Gasteiger partial charge in [-0.3, -0.25) is 4.79 Å². The molecule has 3 nitrogen and oxygen atoms in total. The molecule has 1 aliphatic heterocycles. The summed E-state index contributed by atoms with van der Waals surface area (Å²) in [5.74, 6) is -0.347. The molecule has 0 aromatic heterocycles. The molecule has 1 fully saturated rings. The summed E-state index contributed by atoms with van der Waals surface area (Å²) in [7, 11) is 0. The van der Waals surface area contributed by atoms with Gasteiger partial charge in [0.2, 0.25) is 5.91 Å². The Morgan fingerprint density at radius 3 is 2.24 bits per heavy atom. The highest BCUT2D eigenvalue weighted by Crippen LogP contribution is 2.25. The average Bonchev–Trinajstić information content (AvgIpc) is 2.62. The molecule has 1 amide bonds. The second-order valence-electron chi connectivity index (χ2n) is 5.73. The van der Waals surface area contributed by atoms with Gasteiger partial charge in [-0.25, -0.2) is 4.39 Å². The van der Waals surface area contributed by atoms with Gasteiger partial charge < -0.3 is 9.80 Å². The van der Waals surface area contributed by atoms with Crippen LogP contribution < -0.4 is 4.90 Å². The fourth-order valence-corrected chi connectivity index (χ4v) is 3.33. The van der Waals surface area contributed by atoms with Crippen LogP contribution in [0.25, 0.3) is 6.08 Å². The largest absolute Gasteiger partial charge is 0.366 e. The van der Waals surface area contributed by atoms with Gasteiger partial charge in [-0.1, -0.05) is 41.4 Å². The molecular weight excluding hydrogens is 362 g/mol. The van der Waals surface area contributed by atoms with E-state index in [0.717, 1.165) is 0 Å². The molecule has 0 radical (unpaired) electrons. The Kier molecular flexibility index (Phi) is 5.61. The van der Waals surface area contributed by atoms with E-state index >= 15 is 0 Å². The maximum absolute atomic E-state index is 13.9. The second-order valence-corrected chi connectivity index (χ2v) is 6.55. The number of nitrogens with zero attached hydrogens (tertiary/aromatic N) is 2. The fourth-order valence-electron chi connectivity index (χ4n) is 2.81. The number of piperazine rings is 1. The van der Waals surface area contributed by atoms with Crippen molar-refractivity contribution >= 4 is 40.9 Å². The van der Waals surface area contributed by atoms with E-state index < -0.39 is 0 Å². The third kappa shape index (κ3) is 4.14. The first kappa shape index (κ1) is 17.8. The van der Waals surface area contributed by atoms with E-state index in [0.29, 0.717) is 47.5 Å². The number of benzene rings is 2. The van der Waals surface area contributed by atoms with Crippen molar-refractivity contribution in [1.82, 2.24) is 4.90 Å². The van der Waals surface area contributed by atoms with Gasteiger partial charge in [0.15, 0.2) is 0 Å². The Bertz CT molecular complexity index is 782. The SMILES string of the molecule is O=C(/C=C/c1c(Cl)cccc1Cl)N1CCN(c2ccccc2F)CC1. The minimum atomic E-state index is -0.240. The Morgan fingerprint density at radius 2 is 1.60 bits per heavy atom. The molecule has 0 N–H and O–H groups in total. The van der Waals surface area contributed by atoms with Crippen LogP contribution in [0.3, 0.4) is 0 Å². The lowest BCUT2D eigenvalue weighted by Gasteiger charge is -2.35. The molecule has 1 aliphatic rings. The zero-order valence-corrected chi connectivity index (χ0v) is 15.0. The number of rotatable bonds is 3. The summed E-state index contributed by atoms with van der Waals surface area (Å²) in [6.45, 7) is 2.25. The molecule has 1 saturated heterocycles. The van der Waals surface area contributed by atoms with Crippen molar-refractivity contribution in [3.63, 3.8) is 0 Å². The predicted molar refractivity (Wildman–Crippen MR) is 101 cm³/mol. The number of halogens is 3. The van der Waals surface area contributed by atoms with Gasteiger partial charge in [0.05, 0.1) is 5.69 Å². The number of amides is 1. The molecule has 6 heteroatoms. The molecule has 0 spiro atoms. The zero-order valence-electron chi connectivity index (χ0n) is 13.5. The zero-order chi connectivity index (χ0) is 17.8. The number of hydrogen-bond acceptors (Lipinski definition) is 2. The Hall–Kier alpha value is -2.04. The first-order chi connectivity index (χ1) is 12.1. The summed E-state index contributed by atoms with van der Waals surface area (Å²) in [6, 6.07) is 11.9. The summed E-state index contributed by atoms with van der Waals surface area (Å²) in [4.78, 5) is 16.1. The van der Waals surface area contributed by atoms with Crippen LogP contribution in [0.15, 0.2) is 48.5 Å². The van der Waals surface area contributed by atoms with E-state index in [-0.39, 0.29) is 11.7 Å². The van der Waals surface area contributed by atoms with Gasteiger partial charge in [0, 0.05) is 47.9 Å². The van der Waals surface area contributed by atoms with Crippen LogP contribution in [-0.4, -0.2) is 37.0 Å². The number of anilines is 1. The van der Waals surface area contributed by atoms with Crippen LogP contribution in [0.4, 0.5) is 10.1 Å². The third-order valence-corrected chi connectivity index (χ3v) is 4.84. The van der Waals surface area contributed by atoms with Crippen molar-refractivity contribution in [1.29, 1.82) is 0 Å². The highest BCUT2D eigenvalue weighted by atomic mass is 35.5. The minimum Gasteiger partial charge on any atom is -0.366 e. The van der Waals surface area contributed by atoms with Gasteiger partial charge >= 0.3 is 0 Å². The van der Waals surface area contributed by atoms with Crippen LogP contribution in [0.2, 0.25) is 10.0 Å². The smallest absolute Gasteiger partial charge is 0.246 e. The summed E-state index contributed by atoms with van der Waals surface area (Å²) >= 11 is 12.2. The number of carbonyl (C=O) groups excluding carboxylic acids is 1. The number of carbonyl (C=O) groups is 1. The number of para-hydroxylation sites is 1. The molecule has 0 bridgehead atoms. The van der Waals surface area contributed by atoms with Crippen molar-refractivity contribution in [3.05, 3.63) is 70.0 Å². The average molecular weight is 379 g/mol. The summed E-state index contributed by atoms with van der Waals surface area (Å²) in [5.41, 5.74) is 1.21. The van der Waals surface area contributed by atoms with Crippen molar-refractivity contribution in [2.45, 2.75) is 0 Å². The summed E-state index contributed by atoms with van der Waals surface area (Å²) < 4.78 is 13.9. The highest BCUT2D eigenvalue weighted by Gasteiger charge is 2.21. The fraction of sp³-hybridized carbons (Fsp3) is 0.211. The number of hydrogen-bond donors (Lipinski definition) is 0. The topological polar surface area (TPSA) is 23.6 Å². The van der Waals surface area contributed by atoms with Crippen molar-refractivity contribution in [2.75, 3.05) is 31.1 Å². The molecular formula is C19H17Cl2FN2O. The molecule has 2 aromatic carbocycles. The van der Waals surface area contributed by atoms with Crippen LogP contribution >= 0.6 is 23.2 Å². The molecule has 1 heterocycles. The van der Waals surface area contributed by atoms with Crippen LogP contribution in [-0.2, 0) is 4.79 Å². The van der Waals surface area contributed by atoms with E-state index in [1.165, 1.54) is 12.1 Å². The Morgan fingerprint density at radius 1 is 0.960 bits per heavy atom. The lowest BCUT2D eigenvalue weighted by atomic mass is 10.2. The van der Waals surface area contributed by atoms with E-state index in [4.69, 9.17) is 23.2 Å². The molecule has 130 valence electrons. The second kappa shape index (κ2) is 7.89. The molecule has 2 aromatic rings. The standard InChI is InChI=1S/C19H17Cl2FN2O/c20-15-4-3-5-16(21)14(15)8-9-19(25)24-12-10-23(11-13-24)18-7-2-1-6-17(18)22/h1-9H,10-13H2/b9-8+. The Labute approximate surface area is 156 Å². The van der Waals surface area contributed by atoms with Crippen LogP contribution in [0.1, 0.15) is 5.56 Å². The van der Waals surface area contributed by atoms with Crippen LogP contribution in [0.5, 0.6) is 0 Å². The summed E-state index contributed by atoms with van der Waals surface area (Å²) in [6.07, 6.45) is 3.11. The third-order valence-electron chi connectivity index (χ3n) is 4.18. The van der Waals surface area contributed by atoms with Gasteiger partial charge in [-0.2, -0.15) is 0 Å². The van der Waals surface area contributed by atoms with Gasteiger partial charge in [-0.05, 0) is 30.3 Å². The maximum Gasteiger partial charge on any atom is 0.246 e. The highest BCUT2D eigenvalue weighted by molar-refractivity contribution is 6.37. The lowest BCUT2D eigenvalue weighted by molar-refractivity contribution is -0.126. The van der Waals surface area contributed by atoms with Crippen molar-refractivity contribution in [3.8, 4) is 0 Å². The lowest BCUT2D eigenvalue weighted by Crippen LogP contribution is -2.48. The Balaban J connectivity index is 1.62. The normalized spacial score (nSPS) is 15.0. The minimum absolute atomic E-state index is 0.107. The molecule has 0 atom stereocenters. The molecule has 0 aliphatic carbocycles. The van der Waals surface area contributed by atoms with Crippen LogP contribution in [0, 0.1) is 5.82 Å². The van der Waals surface area contributed by atoms with Crippen molar-refractivity contribution < 1.29 is 9.18 Å². The van der Waals surface area contributed by atoms with E-state index in [9.17, 15) is 9.18 Å². The molecule has 3 rings (SSSR count). The van der Waals surface area contributed by atoms with E-state index in [2.05, 4.69) is 0 Å². The maximum atomic E-state index is 13.9. The van der Waals surface area contributed by atoms with Gasteiger partial charge in [-0.15, -0.1) is 0 Å². The van der Waals surface area contributed by atoms with E-state index in [1.807, 2.05) is 11.0 Å². The van der Waals surface area contributed by atoms with Crippen molar-refractivity contribution in [2.24, 2.45) is 0 Å². The predicted octanol–water partition coefficient (Wildman–Crippen LogP) is 4.49. The molecule has 25 heavy (non-hydrogen) atoms. The molecule has 0 unspecified atom stereocenters. The summed E-state index contributed by atoms with van der Waals surface area (Å²) in [5, 5.41) is 1.00. The van der Waals surface area contributed by atoms with Gasteiger partial charge in [0.1, 0.15) is 5.82 Å². The monoisotopic (exact) mass is 378 g/mol. The van der Waals surface area contributed by atoms with E-state index in [1.54, 1.807) is 41.3 Å². The quantitative estimate of drug-likeness (QED) is 0.734. The molecule has 0 saturated carbocycles. The first-order valence-corrected chi connectivity index (χ1v) is 8.72.